The van der Waals surface area contributed by atoms with Crippen molar-refractivity contribution in [1.29, 1.82) is 0 Å². The maximum atomic E-state index is 3.90. The molecule has 4 rings (SSSR count). The minimum absolute atomic E-state index is 0.446. The maximum absolute atomic E-state index is 3.90. The van der Waals surface area contributed by atoms with E-state index in [1.54, 1.807) is 6.20 Å². The molecule has 0 saturated heterocycles. The lowest BCUT2D eigenvalue weighted by molar-refractivity contribution is 1.28. The minimum atomic E-state index is -0.446. The Labute approximate surface area is 178 Å². The van der Waals surface area contributed by atoms with Crippen LogP contribution in [0.15, 0.2) is 120 Å². The molecule has 0 saturated carbocycles. The SMILES string of the molecule is Brc1ccccn1.CC.c1ccc(P(c2ccccc2)c2ccccc2)cc1. The fraction of sp³-hybridized carbons (Fsp3) is 0.0800. The second-order valence-electron chi connectivity index (χ2n) is 5.49. The van der Waals surface area contributed by atoms with Gasteiger partial charge in [0.1, 0.15) is 4.60 Å². The standard InChI is InChI=1S/C18H15P.C5H4BrN.C2H6/c1-4-10-16(11-5-1)19(17-12-6-2-7-13-17)18-14-8-3-9-15-18;6-5-3-1-2-4-7-5;1-2/h1-15H;1-4H;1-2H3. The molecule has 28 heavy (non-hydrogen) atoms. The maximum Gasteiger partial charge on any atom is 0.106 e. The van der Waals surface area contributed by atoms with E-state index in [2.05, 4.69) is 112 Å². The largest absolute Gasteiger partial charge is 0.249 e. The van der Waals surface area contributed by atoms with Crippen LogP contribution in [-0.4, -0.2) is 4.98 Å². The molecule has 0 spiro atoms. The van der Waals surface area contributed by atoms with Gasteiger partial charge in [0.15, 0.2) is 0 Å². The Morgan fingerprint density at radius 2 is 0.893 bits per heavy atom. The molecule has 3 aromatic carbocycles. The van der Waals surface area contributed by atoms with Crippen molar-refractivity contribution in [3.05, 3.63) is 120 Å². The molecule has 1 nitrogen and oxygen atoms in total. The molecule has 0 aliphatic heterocycles. The topological polar surface area (TPSA) is 12.9 Å². The summed E-state index contributed by atoms with van der Waals surface area (Å²) in [5.41, 5.74) is 0. The average Bonchev–Trinajstić information content (AvgIpc) is 2.79. The Morgan fingerprint density at radius 1 is 0.536 bits per heavy atom. The van der Waals surface area contributed by atoms with Gasteiger partial charge in [-0.3, -0.25) is 0 Å². The summed E-state index contributed by atoms with van der Waals surface area (Å²) < 4.78 is 0.884. The molecule has 0 aliphatic carbocycles. The summed E-state index contributed by atoms with van der Waals surface area (Å²) in [6.45, 7) is 4.00. The number of hydrogen-bond acceptors (Lipinski definition) is 1. The van der Waals surface area contributed by atoms with E-state index in [0.717, 1.165) is 4.60 Å². The molecule has 0 fully saturated rings. The quantitative estimate of drug-likeness (QED) is 0.263. The van der Waals surface area contributed by atoms with Crippen LogP contribution >= 0.6 is 23.9 Å². The predicted molar refractivity (Wildman–Crippen MR) is 128 cm³/mol. The second-order valence-corrected chi connectivity index (χ2v) is 8.53. The number of nitrogens with zero attached hydrogens (tertiary/aromatic N) is 1. The third-order valence-corrected chi connectivity index (χ3v) is 6.58. The van der Waals surface area contributed by atoms with Gasteiger partial charge in [0, 0.05) is 6.20 Å². The van der Waals surface area contributed by atoms with Crippen LogP contribution in [0.2, 0.25) is 0 Å². The second kappa shape index (κ2) is 13.0. The summed E-state index contributed by atoms with van der Waals surface area (Å²) in [6, 6.07) is 38.0. The van der Waals surface area contributed by atoms with E-state index in [4.69, 9.17) is 0 Å². The van der Waals surface area contributed by atoms with Crippen LogP contribution in [0.4, 0.5) is 0 Å². The van der Waals surface area contributed by atoms with E-state index < -0.39 is 7.92 Å². The van der Waals surface area contributed by atoms with Crippen molar-refractivity contribution in [2.24, 2.45) is 0 Å². The van der Waals surface area contributed by atoms with Crippen LogP contribution in [0, 0.1) is 0 Å². The third-order valence-electron chi connectivity index (χ3n) is 3.67. The molecule has 0 bridgehead atoms. The molecule has 3 heteroatoms. The molecule has 4 aromatic rings. The number of rotatable bonds is 3. The van der Waals surface area contributed by atoms with Gasteiger partial charge in [-0.05, 0) is 51.9 Å². The van der Waals surface area contributed by atoms with Crippen LogP contribution in [0.25, 0.3) is 0 Å². The Bertz CT molecular complexity index is 791. The fourth-order valence-corrected chi connectivity index (χ4v) is 5.10. The van der Waals surface area contributed by atoms with Crippen molar-refractivity contribution in [2.75, 3.05) is 0 Å². The Hall–Kier alpha value is -2.28. The monoisotopic (exact) mass is 449 g/mol. The van der Waals surface area contributed by atoms with Gasteiger partial charge in [0.05, 0.1) is 0 Å². The first kappa shape index (κ1) is 22.0. The van der Waals surface area contributed by atoms with Crippen LogP contribution in [0.3, 0.4) is 0 Å². The smallest absolute Gasteiger partial charge is 0.106 e. The number of benzene rings is 3. The summed E-state index contributed by atoms with van der Waals surface area (Å²) in [5.74, 6) is 0. The van der Waals surface area contributed by atoms with Gasteiger partial charge in [-0.25, -0.2) is 4.98 Å². The van der Waals surface area contributed by atoms with Gasteiger partial charge in [-0.1, -0.05) is 111 Å². The molecular formula is C25H25BrNP. The number of halogens is 1. The van der Waals surface area contributed by atoms with E-state index >= 15 is 0 Å². The van der Waals surface area contributed by atoms with Crippen molar-refractivity contribution in [3.63, 3.8) is 0 Å². The summed E-state index contributed by atoms with van der Waals surface area (Å²) in [4.78, 5) is 3.90. The first-order valence-corrected chi connectivity index (χ1v) is 11.5. The zero-order valence-electron chi connectivity index (χ0n) is 16.2. The van der Waals surface area contributed by atoms with E-state index in [0.29, 0.717) is 0 Å². The molecule has 1 aromatic heterocycles. The van der Waals surface area contributed by atoms with Gasteiger partial charge in [0.2, 0.25) is 0 Å². The lowest BCUT2D eigenvalue weighted by Crippen LogP contribution is -2.20. The molecule has 142 valence electrons. The van der Waals surface area contributed by atoms with Gasteiger partial charge < -0.3 is 0 Å². The van der Waals surface area contributed by atoms with Crippen LogP contribution in [0.5, 0.6) is 0 Å². The van der Waals surface area contributed by atoms with Crippen LogP contribution in [-0.2, 0) is 0 Å². The summed E-state index contributed by atoms with van der Waals surface area (Å²) in [5, 5.41) is 4.19. The Kier molecular flexibility index (Phi) is 10.2. The lowest BCUT2D eigenvalue weighted by atomic mass is 10.4. The highest BCUT2D eigenvalue weighted by Crippen LogP contribution is 2.32. The molecular weight excluding hydrogens is 425 g/mol. The van der Waals surface area contributed by atoms with Gasteiger partial charge >= 0.3 is 0 Å². The first-order valence-electron chi connectivity index (χ1n) is 9.36. The zero-order chi connectivity index (χ0) is 20.0. The van der Waals surface area contributed by atoms with E-state index in [9.17, 15) is 0 Å². The third kappa shape index (κ3) is 7.03. The summed E-state index contributed by atoms with van der Waals surface area (Å²) >= 11 is 3.20. The van der Waals surface area contributed by atoms with Gasteiger partial charge in [-0.15, -0.1) is 0 Å². The molecule has 0 radical (unpaired) electrons. The summed E-state index contributed by atoms with van der Waals surface area (Å²) in [7, 11) is -0.446. The Balaban J connectivity index is 0.000000261. The fourth-order valence-electron chi connectivity index (χ4n) is 2.52. The Morgan fingerprint density at radius 3 is 1.14 bits per heavy atom. The van der Waals surface area contributed by atoms with Crippen molar-refractivity contribution in [1.82, 2.24) is 4.98 Å². The number of pyridine rings is 1. The minimum Gasteiger partial charge on any atom is -0.249 e. The van der Waals surface area contributed by atoms with Crippen molar-refractivity contribution >= 4 is 39.8 Å². The molecule has 0 N–H and O–H groups in total. The van der Waals surface area contributed by atoms with Crippen LogP contribution < -0.4 is 15.9 Å². The average molecular weight is 450 g/mol. The van der Waals surface area contributed by atoms with Gasteiger partial charge in [0.25, 0.3) is 0 Å². The lowest BCUT2D eigenvalue weighted by Gasteiger charge is -2.18. The van der Waals surface area contributed by atoms with E-state index in [-0.39, 0.29) is 0 Å². The van der Waals surface area contributed by atoms with E-state index in [1.165, 1.54) is 15.9 Å². The first-order chi connectivity index (χ1) is 13.8. The van der Waals surface area contributed by atoms with Crippen molar-refractivity contribution in [2.45, 2.75) is 13.8 Å². The molecule has 0 amide bonds. The highest BCUT2D eigenvalue weighted by Gasteiger charge is 2.14. The predicted octanol–water partition coefficient (Wildman–Crippen LogP) is 6.32. The number of aromatic nitrogens is 1. The van der Waals surface area contributed by atoms with Crippen molar-refractivity contribution in [3.8, 4) is 0 Å². The molecule has 0 unspecified atom stereocenters. The highest BCUT2D eigenvalue weighted by atomic mass is 79.9. The summed E-state index contributed by atoms with van der Waals surface area (Å²) in [6.07, 6.45) is 1.74. The molecule has 1 heterocycles. The van der Waals surface area contributed by atoms with Crippen LogP contribution in [0.1, 0.15) is 13.8 Å². The highest BCUT2D eigenvalue weighted by molar-refractivity contribution is 9.10. The van der Waals surface area contributed by atoms with Gasteiger partial charge in [-0.2, -0.15) is 0 Å². The zero-order valence-corrected chi connectivity index (χ0v) is 18.7. The molecule has 0 aliphatic rings. The number of hydrogen-bond donors (Lipinski definition) is 0. The van der Waals surface area contributed by atoms with E-state index in [1.807, 2.05) is 32.0 Å². The van der Waals surface area contributed by atoms with Crippen molar-refractivity contribution < 1.29 is 0 Å². The molecule has 0 atom stereocenters. The normalized spacial score (nSPS) is 9.57.